The molecule has 2 N–H and O–H groups in total. The van der Waals surface area contributed by atoms with Crippen LogP contribution in [0.3, 0.4) is 0 Å². The Morgan fingerprint density at radius 2 is 1.50 bits per heavy atom. The number of nitrogens with zero attached hydrogens (tertiary/aromatic N) is 2. The molecular formula is C21H19N3. The fourth-order valence-electron chi connectivity index (χ4n) is 3.08. The summed E-state index contributed by atoms with van der Waals surface area (Å²) in [5, 5.41) is 0. The molecule has 0 saturated heterocycles. The fraction of sp³-hybridized carbons (Fsp3) is 0.0952. The highest BCUT2D eigenvalue weighted by Gasteiger charge is 2.13. The third kappa shape index (κ3) is 2.49. The molecular weight excluding hydrogens is 294 g/mol. The van der Waals surface area contributed by atoms with Gasteiger partial charge >= 0.3 is 0 Å². The van der Waals surface area contributed by atoms with E-state index >= 15 is 0 Å². The number of hydrogen-bond acceptors (Lipinski definition) is 2. The van der Waals surface area contributed by atoms with E-state index < -0.39 is 0 Å². The molecule has 4 aromatic rings. The van der Waals surface area contributed by atoms with Gasteiger partial charge in [0.05, 0.1) is 11.4 Å². The maximum atomic E-state index is 6.01. The van der Waals surface area contributed by atoms with E-state index in [2.05, 4.69) is 72.1 Å². The Bertz CT molecular complexity index is 983. The Labute approximate surface area is 141 Å². The summed E-state index contributed by atoms with van der Waals surface area (Å²) >= 11 is 0. The lowest BCUT2D eigenvalue weighted by Gasteiger charge is -2.05. The molecule has 0 saturated carbocycles. The zero-order valence-corrected chi connectivity index (χ0v) is 13.6. The molecule has 0 atom stereocenters. The average molecular weight is 313 g/mol. The lowest BCUT2D eigenvalue weighted by atomic mass is 10.0. The standard InChI is InChI=1S/C21H19N3/c1-15-7-12-20-23-21(19(13-22)24(20)14-15)18-10-8-17(9-11-18)16-5-3-2-4-6-16/h2-12,14H,13,22H2,1H3. The maximum Gasteiger partial charge on any atom is 0.137 e. The quantitative estimate of drug-likeness (QED) is 0.608. The van der Waals surface area contributed by atoms with Gasteiger partial charge in [0.1, 0.15) is 5.65 Å². The Morgan fingerprint density at radius 1 is 0.833 bits per heavy atom. The average Bonchev–Trinajstić information content (AvgIpc) is 3.00. The Morgan fingerprint density at radius 3 is 2.21 bits per heavy atom. The van der Waals surface area contributed by atoms with Crippen molar-refractivity contribution < 1.29 is 0 Å². The van der Waals surface area contributed by atoms with Gasteiger partial charge in [0.25, 0.3) is 0 Å². The van der Waals surface area contributed by atoms with E-state index in [1.54, 1.807) is 0 Å². The van der Waals surface area contributed by atoms with Crippen LogP contribution in [0.15, 0.2) is 72.9 Å². The van der Waals surface area contributed by atoms with Crippen molar-refractivity contribution in [1.29, 1.82) is 0 Å². The number of hydrogen-bond donors (Lipinski definition) is 1. The molecule has 3 heteroatoms. The van der Waals surface area contributed by atoms with Crippen LogP contribution in [0, 0.1) is 6.92 Å². The van der Waals surface area contributed by atoms with Gasteiger partial charge in [0.2, 0.25) is 0 Å². The third-order valence-electron chi connectivity index (χ3n) is 4.32. The largest absolute Gasteiger partial charge is 0.325 e. The molecule has 118 valence electrons. The van der Waals surface area contributed by atoms with Gasteiger partial charge in [0, 0.05) is 18.3 Å². The molecule has 0 spiro atoms. The van der Waals surface area contributed by atoms with Crippen LogP contribution in [0.4, 0.5) is 0 Å². The zero-order valence-electron chi connectivity index (χ0n) is 13.6. The summed E-state index contributed by atoms with van der Waals surface area (Å²) < 4.78 is 2.09. The topological polar surface area (TPSA) is 43.3 Å². The maximum absolute atomic E-state index is 6.01. The first-order valence-electron chi connectivity index (χ1n) is 8.10. The minimum Gasteiger partial charge on any atom is -0.325 e. The van der Waals surface area contributed by atoms with Gasteiger partial charge in [-0.1, -0.05) is 60.7 Å². The van der Waals surface area contributed by atoms with E-state index in [0.29, 0.717) is 6.54 Å². The van der Waals surface area contributed by atoms with E-state index in [4.69, 9.17) is 10.7 Å². The number of nitrogens with two attached hydrogens (primary N) is 1. The van der Waals surface area contributed by atoms with Crippen molar-refractivity contribution in [2.45, 2.75) is 13.5 Å². The van der Waals surface area contributed by atoms with Crippen molar-refractivity contribution in [3.05, 3.63) is 84.2 Å². The van der Waals surface area contributed by atoms with E-state index in [-0.39, 0.29) is 0 Å². The highest BCUT2D eigenvalue weighted by Crippen LogP contribution is 2.27. The van der Waals surface area contributed by atoms with Crippen LogP contribution in [0.2, 0.25) is 0 Å². The number of aryl methyl sites for hydroxylation is 1. The van der Waals surface area contributed by atoms with Gasteiger partial charge in [-0.05, 0) is 29.7 Å². The Kier molecular flexibility index (Phi) is 3.63. The van der Waals surface area contributed by atoms with Crippen LogP contribution in [-0.2, 0) is 6.54 Å². The van der Waals surface area contributed by atoms with E-state index in [9.17, 15) is 0 Å². The molecule has 24 heavy (non-hydrogen) atoms. The predicted molar refractivity (Wildman–Crippen MR) is 98.7 cm³/mol. The minimum absolute atomic E-state index is 0.459. The van der Waals surface area contributed by atoms with E-state index in [0.717, 1.165) is 22.6 Å². The molecule has 0 unspecified atom stereocenters. The number of fused-ring (bicyclic) bond motifs is 1. The van der Waals surface area contributed by atoms with Crippen LogP contribution >= 0.6 is 0 Å². The lowest BCUT2D eigenvalue weighted by Crippen LogP contribution is -2.02. The number of rotatable bonds is 3. The predicted octanol–water partition coefficient (Wildman–Crippen LogP) is 4.44. The second-order valence-electron chi connectivity index (χ2n) is 5.99. The summed E-state index contributed by atoms with van der Waals surface area (Å²) in [5.41, 5.74) is 13.7. The first-order valence-corrected chi connectivity index (χ1v) is 8.10. The summed E-state index contributed by atoms with van der Waals surface area (Å²) in [5.74, 6) is 0. The van der Waals surface area contributed by atoms with Crippen molar-refractivity contribution >= 4 is 5.65 Å². The van der Waals surface area contributed by atoms with E-state index in [1.807, 2.05) is 12.1 Å². The third-order valence-corrected chi connectivity index (χ3v) is 4.32. The second kappa shape index (κ2) is 5.95. The molecule has 2 aromatic carbocycles. The van der Waals surface area contributed by atoms with Crippen LogP contribution in [0.25, 0.3) is 28.0 Å². The van der Waals surface area contributed by atoms with Crippen LogP contribution in [-0.4, -0.2) is 9.38 Å². The SMILES string of the molecule is Cc1ccc2nc(-c3ccc(-c4ccccc4)cc3)c(CN)n2c1. The highest BCUT2D eigenvalue weighted by molar-refractivity contribution is 5.71. The molecule has 0 aliphatic carbocycles. The van der Waals surface area contributed by atoms with Gasteiger partial charge < -0.3 is 10.1 Å². The fourth-order valence-corrected chi connectivity index (χ4v) is 3.08. The molecule has 4 rings (SSSR count). The molecule has 2 heterocycles. The summed E-state index contributed by atoms with van der Waals surface area (Å²) in [6.45, 7) is 2.54. The molecule has 0 fully saturated rings. The first kappa shape index (κ1) is 14.7. The molecule has 2 aromatic heterocycles. The molecule has 0 radical (unpaired) electrons. The van der Waals surface area contributed by atoms with Crippen molar-refractivity contribution in [3.8, 4) is 22.4 Å². The van der Waals surface area contributed by atoms with Gasteiger partial charge in [0.15, 0.2) is 0 Å². The molecule has 0 bridgehead atoms. The van der Waals surface area contributed by atoms with Crippen molar-refractivity contribution in [2.24, 2.45) is 5.73 Å². The Balaban J connectivity index is 1.80. The van der Waals surface area contributed by atoms with Crippen molar-refractivity contribution in [1.82, 2.24) is 9.38 Å². The number of pyridine rings is 1. The summed E-state index contributed by atoms with van der Waals surface area (Å²) in [6.07, 6.45) is 2.09. The smallest absolute Gasteiger partial charge is 0.137 e. The molecule has 0 aliphatic heterocycles. The van der Waals surface area contributed by atoms with E-state index in [1.165, 1.54) is 16.7 Å². The second-order valence-corrected chi connectivity index (χ2v) is 5.99. The van der Waals surface area contributed by atoms with Gasteiger partial charge in [-0.3, -0.25) is 0 Å². The summed E-state index contributed by atoms with van der Waals surface area (Å²) in [6, 6.07) is 23.0. The van der Waals surface area contributed by atoms with Crippen LogP contribution < -0.4 is 5.73 Å². The van der Waals surface area contributed by atoms with Gasteiger partial charge in [-0.2, -0.15) is 0 Å². The molecule has 3 nitrogen and oxygen atoms in total. The van der Waals surface area contributed by atoms with Crippen molar-refractivity contribution in [3.63, 3.8) is 0 Å². The number of aromatic nitrogens is 2. The lowest BCUT2D eigenvalue weighted by molar-refractivity contribution is 0.957. The summed E-state index contributed by atoms with van der Waals surface area (Å²) in [7, 11) is 0. The van der Waals surface area contributed by atoms with Crippen LogP contribution in [0.1, 0.15) is 11.3 Å². The normalized spacial score (nSPS) is 11.1. The van der Waals surface area contributed by atoms with Gasteiger partial charge in [-0.15, -0.1) is 0 Å². The molecule has 0 amide bonds. The Hall–Kier alpha value is -2.91. The number of benzene rings is 2. The van der Waals surface area contributed by atoms with Gasteiger partial charge in [-0.25, -0.2) is 4.98 Å². The van der Waals surface area contributed by atoms with Crippen molar-refractivity contribution in [2.75, 3.05) is 0 Å². The number of imidazole rings is 1. The summed E-state index contributed by atoms with van der Waals surface area (Å²) in [4.78, 5) is 4.78. The molecule has 0 aliphatic rings. The highest BCUT2D eigenvalue weighted by atomic mass is 15.0. The monoisotopic (exact) mass is 313 g/mol. The minimum atomic E-state index is 0.459. The van der Waals surface area contributed by atoms with Crippen LogP contribution in [0.5, 0.6) is 0 Å². The zero-order chi connectivity index (χ0) is 16.5. The first-order chi connectivity index (χ1) is 11.8.